The van der Waals surface area contributed by atoms with Crippen molar-refractivity contribution in [3.8, 4) is 0 Å². The molecule has 1 spiro atoms. The Morgan fingerprint density at radius 1 is 1.07 bits per heavy atom. The SMILES string of the molecule is C[C@](N)(COC(=O)C(F)(F)F)CC(=O)N[C@H](Cc1c[nH]c2ccccc12)C(=O)N1CCC2(CCc3ccccc32)CC1. The van der Waals surface area contributed by atoms with Gasteiger partial charge in [-0.25, -0.2) is 4.79 Å². The number of hydrogen-bond acceptors (Lipinski definition) is 5. The minimum Gasteiger partial charge on any atom is -0.457 e. The first-order chi connectivity index (χ1) is 19.9. The molecule has 0 saturated carbocycles. The number of esters is 1. The summed E-state index contributed by atoms with van der Waals surface area (Å²) in [4.78, 5) is 43.1. The van der Waals surface area contributed by atoms with Crippen molar-refractivity contribution in [1.82, 2.24) is 15.2 Å². The van der Waals surface area contributed by atoms with E-state index in [0.29, 0.717) is 13.1 Å². The number of carbonyl (C=O) groups excluding carboxylic acids is 3. The lowest BCUT2D eigenvalue weighted by Gasteiger charge is -2.41. The fourth-order valence-electron chi connectivity index (χ4n) is 6.36. The highest BCUT2D eigenvalue weighted by Gasteiger charge is 2.44. The van der Waals surface area contributed by atoms with Gasteiger partial charge in [-0.1, -0.05) is 42.5 Å². The van der Waals surface area contributed by atoms with Crippen LogP contribution in [0, 0.1) is 0 Å². The Kier molecular flexibility index (Phi) is 8.06. The van der Waals surface area contributed by atoms with Gasteiger partial charge in [-0.3, -0.25) is 9.59 Å². The minimum absolute atomic E-state index is 0.0537. The van der Waals surface area contributed by atoms with Crippen molar-refractivity contribution in [2.24, 2.45) is 5.73 Å². The zero-order valence-corrected chi connectivity index (χ0v) is 23.4. The Morgan fingerprint density at radius 2 is 1.76 bits per heavy atom. The molecule has 1 aliphatic heterocycles. The van der Waals surface area contributed by atoms with Gasteiger partial charge in [0.25, 0.3) is 0 Å². The number of nitrogens with two attached hydrogens (primary N) is 1. The van der Waals surface area contributed by atoms with Gasteiger partial charge < -0.3 is 25.7 Å². The molecule has 2 atom stereocenters. The maximum Gasteiger partial charge on any atom is 0.490 e. The molecule has 42 heavy (non-hydrogen) atoms. The summed E-state index contributed by atoms with van der Waals surface area (Å²) < 4.78 is 41.9. The monoisotopic (exact) mass is 584 g/mol. The number of aryl methyl sites for hydroxylation is 1. The standard InChI is InChI=1S/C31H35F3N4O4/c1-29(35,19-42-28(41)31(32,33)34)17-26(39)37-25(16-21-18-36-24-9-5-3-7-22(21)24)27(40)38-14-12-30(13-15-38)11-10-20-6-2-4-8-23(20)30/h2-9,18,25,36H,10-17,19,35H2,1H3,(H,37,39)/t25-,29-/m1/s1. The van der Waals surface area contributed by atoms with Gasteiger partial charge >= 0.3 is 12.1 Å². The highest BCUT2D eigenvalue weighted by molar-refractivity contribution is 5.90. The number of fused-ring (bicyclic) bond motifs is 3. The van der Waals surface area contributed by atoms with Gasteiger partial charge in [-0.2, -0.15) is 13.2 Å². The molecule has 3 aromatic rings. The zero-order valence-electron chi connectivity index (χ0n) is 23.4. The van der Waals surface area contributed by atoms with Crippen molar-refractivity contribution in [3.05, 3.63) is 71.4 Å². The number of rotatable bonds is 8. The maximum atomic E-state index is 13.9. The molecule has 2 heterocycles. The topological polar surface area (TPSA) is 118 Å². The molecule has 2 amide bonds. The molecule has 11 heteroatoms. The molecular formula is C31H35F3N4O4. The molecule has 8 nitrogen and oxygen atoms in total. The normalized spacial score (nSPS) is 18.4. The van der Waals surface area contributed by atoms with Crippen LogP contribution in [0.2, 0.25) is 0 Å². The third kappa shape index (κ3) is 6.30. The summed E-state index contributed by atoms with van der Waals surface area (Å²) in [6, 6.07) is 15.2. The van der Waals surface area contributed by atoms with E-state index in [4.69, 9.17) is 5.73 Å². The molecule has 1 saturated heterocycles. The van der Waals surface area contributed by atoms with E-state index in [9.17, 15) is 27.6 Å². The van der Waals surface area contributed by atoms with Crippen molar-refractivity contribution >= 4 is 28.7 Å². The number of halogens is 3. The maximum absolute atomic E-state index is 13.9. The van der Waals surface area contributed by atoms with Crippen molar-refractivity contribution in [1.29, 1.82) is 0 Å². The summed E-state index contributed by atoms with van der Waals surface area (Å²) in [5.74, 6) is -3.23. The van der Waals surface area contributed by atoms with Crippen LogP contribution in [0.4, 0.5) is 13.2 Å². The first kappa shape index (κ1) is 29.6. The quantitative estimate of drug-likeness (QED) is 0.347. The Labute approximate surface area is 241 Å². The molecule has 0 unspecified atom stereocenters. The van der Waals surface area contributed by atoms with Crippen molar-refractivity contribution in [2.45, 2.75) is 68.6 Å². The van der Waals surface area contributed by atoms with E-state index in [1.807, 2.05) is 24.3 Å². The molecule has 2 aromatic carbocycles. The molecule has 0 bridgehead atoms. The number of hydrogen-bond donors (Lipinski definition) is 3. The number of nitrogens with one attached hydrogen (secondary N) is 2. The van der Waals surface area contributed by atoms with E-state index in [2.05, 4.69) is 39.3 Å². The van der Waals surface area contributed by atoms with Crippen LogP contribution in [0.15, 0.2) is 54.7 Å². The third-order valence-electron chi connectivity index (χ3n) is 8.55. The molecule has 1 aromatic heterocycles. The van der Waals surface area contributed by atoms with Gasteiger partial charge in [0, 0.05) is 43.0 Å². The number of ether oxygens (including phenoxy) is 1. The first-order valence-electron chi connectivity index (χ1n) is 14.1. The number of likely N-dealkylation sites (tertiary alicyclic amines) is 1. The Morgan fingerprint density at radius 3 is 2.50 bits per heavy atom. The number of piperidine rings is 1. The number of amides is 2. The summed E-state index contributed by atoms with van der Waals surface area (Å²) in [5.41, 5.74) is 8.97. The number of benzene rings is 2. The van der Waals surface area contributed by atoms with Crippen LogP contribution in [0.3, 0.4) is 0 Å². The van der Waals surface area contributed by atoms with E-state index < -0.39 is 42.7 Å². The van der Waals surface area contributed by atoms with Crippen molar-refractivity contribution < 1.29 is 32.3 Å². The number of aromatic nitrogens is 1. The second kappa shape index (κ2) is 11.4. The van der Waals surface area contributed by atoms with E-state index in [1.54, 1.807) is 11.1 Å². The second-order valence-corrected chi connectivity index (χ2v) is 11.9. The van der Waals surface area contributed by atoms with E-state index >= 15 is 0 Å². The van der Waals surface area contributed by atoms with Crippen LogP contribution < -0.4 is 11.1 Å². The third-order valence-corrected chi connectivity index (χ3v) is 8.55. The predicted octanol–water partition coefficient (Wildman–Crippen LogP) is 3.91. The molecule has 1 aliphatic carbocycles. The van der Waals surface area contributed by atoms with Gasteiger partial charge in [0.2, 0.25) is 11.8 Å². The molecule has 0 radical (unpaired) electrons. The molecule has 5 rings (SSSR count). The summed E-state index contributed by atoms with van der Waals surface area (Å²) >= 11 is 0. The van der Waals surface area contributed by atoms with Crippen LogP contribution >= 0.6 is 0 Å². The van der Waals surface area contributed by atoms with Gasteiger partial charge in [-0.05, 0) is 60.8 Å². The summed E-state index contributed by atoms with van der Waals surface area (Å²) in [7, 11) is 0. The number of para-hydroxylation sites is 1. The first-order valence-corrected chi connectivity index (χ1v) is 14.1. The average molecular weight is 585 g/mol. The smallest absolute Gasteiger partial charge is 0.457 e. The van der Waals surface area contributed by atoms with E-state index in [0.717, 1.165) is 42.1 Å². The predicted molar refractivity (Wildman–Crippen MR) is 150 cm³/mol. The van der Waals surface area contributed by atoms with Gasteiger partial charge in [0.1, 0.15) is 12.6 Å². The highest BCUT2D eigenvalue weighted by Crippen LogP contribution is 2.46. The summed E-state index contributed by atoms with van der Waals surface area (Å²) in [6.45, 7) is 1.61. The Bertz CT molecular complexity index is 1470. The second-order valence-electron chi connectivity index (χ2n) is 11.9. The zero-order chi connectivity index (χ0) is 30.1. The van der Waals surface area contributed by atoms with E-state index in [1.165, 1.54) is 18.1 Å². The van der Waals surface area contributed by atoms with Gasteiger partial charge in [-0.15, -0.1) is 0 Å². The number of H-pyrrole nitrogens is 1. The van der Waals surface area contributed by atoms with Crippen LogP contribution in [0.25, 0.3) is 10.9 Å². The summed E-state index contributed by atoms with van der Waals surface area (Å²) in [6.07, 6.45) is 0.143. The van der Waals surface area contributed by atoms with Crippen LogP contribution in [-0.4, -0.2) is 65.1 Å². The molecular weight excluding hydrogens is 549 g/mol. The lowest BCUT2D eigenvalue weighted by molar-refractivity contribution is -0.201. The van der Waals surface area contributed by atoms with Gasteiger partial charge in [0.15, 0.2) is 0 Å². The Balaban J connectivity index is 1.29. The lowest BCUT2D eigenvalue weighted by Crippen LogP contribution is -2.55. The number of aromatic amines is 1. The van der Waals surface area contributed by atoms with Crippen molar-refractivity contribution in [2.75, 3.05) is 19.7 Å². The number of alkyl halides is 3. The van der Waals surface area contributed by atoms with Gasteiger partial charge in [0.05, 0.1) is 5.54 Å². The van der Waals surface area contributed by atoms with Crippen molar-refractivity contribution in [3.63, 3.8) is 0 Å². The fraction of sp³-hybridized carbons (Fsp3) is 0.452. The molecule has 224 valence electrons. The average Bonchev–Trinajstić information content (AvgIpc) is 3.52. The minimum atomic E-state index is -5.16. The number of nitrogens with zero attached hydrogens (tertiary/aromatic N) is 1. The van der Waals surface area contributed by atoms with Crippen LogP contribution in [-0.2, 0) is 37.4 Å². The molecule has 2 aliphatic rings. The van der Waals surface area contributed by atoms with Crippen LogP contribution in [0.5, 0.6) is 0 Å². The summed E-state index contributed by atoms with van der Waals surface area (Å²) in [5, 5.41) is 3.70. The van der Waals surface area contributed by atoms with Crippen LogP contribution in [0.1, 0.15) is 49.3 Å². The lowest BCUT2D eigenvalue weighted by atomic mass is 9.74. The Hall–Kier alpha value is -3.86. The fourth-order valence-corrected chi connectivity index (χ4v) is 6.36. The number of carbonyl (C=O) groups is 3. The largest absolute Gasteiger partial charge is 0.490 e. The highest BCUT2D eigenvalue weighted by atomic mass is 19.4. The van der Waals surface area contributed by atoms with E-state index in [-0.39, 0.29) is 17.7 Å². The molecule has 4 N–H and O–H groups in total. The molecule has 1 fully saturated rings.